The third kappa shape index (κ3) is 4.68. The summed E-state index contributed by atoms with van der Waals surface area (Å²) in [5.74, 6) is -0.570. The molecule has 2 N–H and O–H groups in total. The summed E-state index contributed by atoms with van der Waals surface area (Å²) in [5, 5.41) is 14.5. The summed E-state index contributed by atoms with van der Waals surface area (Å²) in [4.78, 5) is 24.5. The largest absolute Gasteiger partial charge is 0.347 e. The van der Waals surface area contributed by atoms with E-state index in [-0.39, 0.29) is 17.4 Å². The molecule has 2 aromatic rings. The first-order valence-corrected chi connectivity index (χ1v) is 7.52. The number of hydrogen-bond donors (Lipinski definition) is 2. The molecule has 0 saturated carbocycles. The third-order valence-electron chi connectivity index (χ3n) is 3.13. The third-order valence-corrected chi connectivity index (χ3v) is 3.13. The molecule has 2 rings (SSSR count). The summed E-state index contributed by atoms with van der Waals surface area (Å²) < 4.78 is 0. The van der Waals surface area contributed by atoms with Crippen LogP contribution in [0.2, 0.25) is 0 Å². The Bertz CT molecular complexity index is 814. The maximum absolute atomic E-state index is 12.3. The second kappa shape index (κ2) is 6.97. The van der Waals surface area contributed by atoms with Crippen LogP contribution in [0, 0.1) is 11.3 Å². The van der Waals surface area contributed by atoms with Crippen LogP contribution in [-0.4, -0.2) is 17.4 Å². The van der Waals surface area contributed by atoms with Crippen molar-refractivity contribution in [3.05, 3.63) is 65.2 Å². The number of nitrogens with one attached hydrogen (secondary N) is 2. The molecule has 0 aliphatic heterocycles. The summed E-state index contributed by atoms with van der Waals surface area (Å²) in [6.45, 7) is 5.68. The topological polar surface area (TPSA) is 82.0 Å². The second-order valence-electron chi connectivity index (χ2n) is 6.43. The zero-order valence-electron chi connectivity index (χ0n) is 13.9. The fourth-order valence-electron chi connectivity index (χ4n) is 2.08. The lowest BCUT2D eigenvalue weighted by Crippen LogP contribution is -2.40. The average Bonchev–Trinajstić information content (AvgIpc) is 2.53. The van der Waals surface area contributed by atoms with Gasteiger partial charge in [0.15, 0.2) is 0 Å². The Hall–Kier alpha value is -3.13. The fraction of sp³-hybridized carbons (Fsp3) is 0.211. The van der Waals surface area contributed by atoms with Crippen LogP contribution in [0.15, 0.2) is 48.5 Å². The molecule has 2 aromatic carbocycles. The lowest BCUT2D eigenvalue weighted by atomic mass is 10.1. The molecule has 0 bridgehead atoms. The number of nitrogens with zero attached hydrogens (tertiary/aromatic N) is 1. The van der Waals surface area contributed by atoms with Crippen LogP contribution in [-0.2, 0) is 0 Å². The highest BCUT2D eigenvalue weighted by molar-refractivity contribution is 6.06. The Kier molecular flexibility index (Phi) is 5.00. The molecule has 24 heavy (non-hydrogen) atoms. The van der Waals surface area contributed by atoms with E-state index in [1.807, 2.05) is 26.8 Å². The Labute approximate surface area is 141 Å². The summed E-state index contributed by atoms with van der Waals surface area (Å²) in [5.41, 5.74) is 1.43. The van der Waals surface area contributed by atoms with Crippen molar-refractivity contribution in [1.29, 1.82) is 5.26 Å². The molecule has 0 unspecified atom stereocenters. The number of hydrogen-bond acceptors (Lipinski definition) is 3. The van der Waals surface area contributed by atoms with Gasteiger partial charge in [0.1, 0.15) is 0 Å². The van der Waals surface area contributed by atoms with Crippen molar-refractivity contribution in [1.82, 2.24) is 5.32 Å². The van der Waals surface area contributed by atoms with Gasteiger partial charge in [0.2, 0.25) is 0 Å². The Morgan fingerprint density at radius 2 is 1.58 bits per heavy atom. The maximum Gasteiger partial charge on any atom is 0.255 e. The number of anilines is 1. The lowest BCUT2D eigenvalue weighted by molar-refractivity contribution is 0.0919. The van der Waals surface area contributed by atoms with Crippen LogP contribution >= 0.6 is 0 Å². The molecule has 0 saturated heterocycles. The molecule has 0 atom stereocenters. The van der Waals surface area contributed by atoms with Gasteiger partial charge in [-0.2, -0.15) is 5.26 Å². The van der Waals surface area contributed by atoms with E-state index < -0.39 is 0 Å². The number of nitriles is 1. The van der Waals surface area contributed by atoms with Gasteiger partial charge in [-0.3, -0.25) is 9.59 Å². The van der Waals surface area contributed by atoms with Crippen LogP contribution in [0.4, 0.5) is 5.69 Å². The molecule has 0 aliphatic rings. The SMILES string of the molecule is CC(C)(C)NC(=O)c1cccc(C(=O)Nc2cccc(C#N)c2)c1. The lowest BCUT2D eigenvalue weighted by Gasteiger charge is -2.20. The molecule has 2 amide bonds. The van der Waals surface area contributed by atoms with Gasteiger partial charge in [-0.05, 0) is 57.2 Å². The van der Waals surface area contributed by atoms with E-state index in [4.69, 9.17) is 5.26 Å². The number of carbonyl (C=O) groups is 2. The predicted octanol–water partition coefficient (Wildman–Crippen LogP) is 3.34. The zero-order chi connectivity index (χ0) is 17.7. The minimum Gasteiger partial charge on any atom is -0.347 e. The summed E-state index contributed by atoms with van der Waals surface area (Å²) in [7, 11) is 0. The molecular weight excluding hydrogens is 302 g/mol. The number of rotatable bonds is 3. The predicted molar refractivity (Wildman–Crippen MR) is 92.8 cm³/mol. The van der Waals surface area contributed by atoms with Gasteiger partial charge in [0.25, 0.3) is 11.8 Å². The number of amides is 2. The van der Waals surface area contributed by atoms with Gasteiger partial charge >= 0.3 is 0 Å². The summed E-state index contributed by atoms with van der Waals surface area (Å²) in [6, 6.07) is 15.2. The maximum atomic E-state index is 12.3. The van der Waals surface area contributed by atoms with E-state index in [1.54, 1.807) is 48.5 Å². The Morgan fingerprint density at radius 3 is 2.21 bits per heavy atom. The molecule has 5 nitrogen and oxygen atoms in total. The quantitative estimate of drug-likeness (QED) is 0.909. The van der Waals surface area contributed by atoms with Gasteiger partial charge in [-0.25, -0.2) is 0 Å². The van der Waals surface area contributed by atoms with Crippen molar-refractivity contribution in [2.75, 3.05) is 5.32 Å². The second-order valence-corrected chi connectivity index (χ2v) is 6.43. The van der Waals surface area contributed by atoms with Gasteiger partial charge in [-0.1, -0.05) is 12.1 Å². The van der Waals surface area contributed by atoms with Crippen LogP contribution in [0.25, 0.3) is 0 Å². The normalized spacial score (nSPS) is 10.6. The fourth-order valence-corrected chi connectivity index (χ4v) is 2.08. The van der Waals surface area contributed by atoms with E-state index in [2.05, 4.69) is 10.6 Å². The molecule has 0 aliphatic carbocycles. The van der Waals surface area contributed by atoms with Crippen molar-refractivity contribution in [3.8, 4) is 6.07 Å². The molecule has 0 spiro atoms. The van der Waals surface area contributed by atoms with Crippen molar-refractivity contribution in [3.63, 3.8) is 0 Å². The van der Waals surface area contributed by atoms with Crippen LogP contribution < -0.4 is 10.6 Å². The first-order chi connectivity index (χ1) is 11.3. The van der Waals surface area contributed by atoms with E-state index in [1.165, 1.54) is 0 Å². The summed E-state index contributed by atoms with van der Waals surface area (Å²) >= 11 is 0. The molecule has 0 fully saturated rings. The molecular formula is C19H19N3O2. The van der Waals surface area contributed by atoms with E-state index in [0.29, 0.717) is 22.4 Å². The van der Waals surface area contributed by atoms with Gasteiger partial charge in [0, 0.05) is 22.4 Å². The van der Waals surface area contributed by atoms with Crippen molar-refractivity contribution < 1.29 is 9.59 Å². The number of benzene rings is 2. The minimum atomic E-state index is -0.354. The zero-order valence-corrected chi connectivity index (χ0v) is 13.9. The molecule has 0 radical (unpaired) electrons. The van der Waals surface area contributed by atoms with Gasteiger partial charge in [0.05, 0.1) is 11.6 Å². The molecule has 0 aromatic heterocycles. The van der Waals surface area contributed by atoms with E-state index in [9.17, 15) is 9.59 Å². The van der Waals surface area contributed by atoms with Gasteiger partial charge in [-0.15, -0.1) is 0 Å². The van der Waals surface area contributed by atoms with Crippen LogP contribution in [0.5, 0.6) is 0 Å². The first kappa shape index (κ1) is 17.2. The smallest absolute Gasteiger partial charge is 0.255 e. The monoisotopic (exact) mass is 321 g/mol. The molecule has 5 heteroatoms. The standard InChI is InChI=1S/C19H19N3O2/c1-19(2,3)22-18(24)15-8-5-7-14(11-15)17(23)21-16-9-4-6-13(10-16)12-20/h4-11H,1-3H3,(H,21,23)(H,22,24). The van der Waals surface area contributed by atoms with Crippen molar-refractivity contribution >= 4 is 17.5 Å². The Morgan fingerprint density at radius 1 is 0.958 bits per heavy atom. The Balaban J connectivity index is 2.17. The van der Waals surface area contributed by atoms with Crippen LogP contribution in [0.1, 0.15) is 47.1 Å². The molecule has 122 valence electrons. The average molecular weight is 321 g/mol. The highest BCUT2D eigenvalue weighted by Gasteiger charge is 2.16. The first-order valence-electron chi connectivity index (χ1n) is 7.52. The highest BCUT2D eigenvalue weighted by Crippen LogP contribution is 2.13. The van der Waals surface area contributed by atoms with E-state index in [0.717, 1.165) is 0 Å². The molecule has 0 heterocycles. The summed E-state index contributed by atoms with van der Waals surface area (Å²) in [6.07, 6.45) is 0. The van der Waals surface area contributed by atoms with Crippen molar-refractivity contribution in [2.45, 2.75) is 26.3 Å². The van der Waals surface area contributed by atoms with Crippen molar-refractivity contribution in [2.24, 2.45) is 0 Å². The van der Waals surface area contributed by atoms with Crippen LogP contribution in [0.3, 0.4) is 0 Å². The number of carbonyl (C=O) groups excluding carboxylic acids is 2. The van der Waals surface area contributed by atoms with Gasteiger partial charge < -0.3 is 10.6 Å². The minimum absolute atomic E-state index is 0.233. The highest BCUT2D eigenvalue weighted by atomic mass is 16.2. The van der Waals surface area contributed by atoms with E-state index >= 15 is 0 Å².